The molecular formula is C16H22ClN5OS. The van der Waals surface area contributed by atoms with Gasteiger partial charge in [-0.25, -0.2) is 9.97 Å². The fraction of sp³-hybridized carbons (Fsp3) is 0.438. The second kappa shape index (κ2) is 8.41. The smallest absolute Gasteiger partial charge is 0.257 e. The Morgan fingerprint density at radius 2 is 2.08 bits per heavy atom. The first-order valence-electron chi connectivity index (χ1n) is 7.74. The van der Waals surface area contributed by atoms with Gasteiger partial charge >= 0.3 is 0 Å². The Morgan fingerprint density at radius 3 is 2.79 bits per heavy atom. The molecule has 2 aromatic rings. The number of carbonyl (C=O) groups excluding carboxylic acids is 1. The highest BCUT2D eigenvalue weighted by atomic mass is 35.5. The lowest BCUT2D eigenvalue weighted by Gasteiger charge is -2.20. The maximum absolute atomic E-state index is 12.4. The predicted molar refractivity (Wildman–Crippen MR) is 101 cm³/mol. The summed E-state index contributed by atoms with van der Waals surface area (Å²) in [5, 5.41) is 6.91. The highest BCUT2D eigenvalue weighted by molar-refractivity contribution is 7.15. The van der Waals surface area contributed by atoms with Crippen molar-refractivity contribution in [1.29, 1.82) is 0 Å². The zero-order valence-corrected chi connectivity index (χ0v) is 15.4. The summed E-state index contributed by atoms with van der Waals surface area (Å²) in [6.07, 6.45) is 5.80. The van der Waals surface area contributed by atoms with Crippen LogP contribution in [0.15, 0.2) is 24.5 Å². The van der Waals surface area contributed by atoms with Gasteiger partial charge in [0.2, 0.25) is 0 Å². The third-order valence-corrected chi connectivity index (χ3v) is 5.03. The van der Waals surface area contributed by atoms with Gasteiger partial charge in [-0.2, -0.15) is 0 Å². The molecule has 3 heterocycles. The molecule has 2 N–H and O–H groups in total. The zero-order chi connectivity index (χ0) is 16.2. The molecule has 0 bridgehead atoms. The van der Waals surface area contributed by atoms with Crippen molar-refractivity contribution in [3.63, 3.8) is 0 Å². The van der Waals surface area contributed by atoms with E-state index in [1.807, 2.05) is 25.2 Å². The normalized spacial score (nSPS) is 14.8. The Balaban J connectivity index is 0.00000208. The summed E-state index contributed by atoms with van der Waals surface area (Å²) in [4.78, 5) is 24.1. The van der Waals surface area contributed by atoms with Crippen molar-refractivity contribution < 1.29 is 4.79 Å². The fourth-order valence-electron chi connectivity index (χ4n) is 2.61. The van der Waals surface area contributed by atoms with Crippen LogP contribution in [0.1, 0.15) is 34.0 Å². The minimum atomic E-state index is -0.151. The molecule has 0 unspecified atom stereocenters. The maximum atomic E-state index is 12.4. The Labute approximate surface area is 152 Å². The molecule has 1 amide bonds. The standard InChI is InChI=1S/C16H21N5OS.ClH/c1-21(2)14-9-12(5-8-18-14)15(22)20-16-19-10-13(23-16)11-3-6-17-7-4-11;/h5,8-11,17H,3-4,6-7H2,1-2H3,(H,19,20,22);1H. The first-order chi connectivity index (χ1) is 11.1. The van der Waals surface area contributed by atoms with Gasteiger partial charge in [0.1, 0.15) is 5.82 Å². The lowest BCUT2D eigenvalue weighted by molar-refractivity contribution is 0.102. The van der Waals surface area contributed by atoms with Gasteiger partial charge < -0.3 is 10.2 Å². The number of halogens is 1. The molecule has 130 valence electrons. The third kappa shape index (κ3) is 4.43. The van der Waals surface area contributed by atoms with Crippen LogP contribution in [0.4, 0.5) is 10.9 Å². The van der Waals surface area contributed by atoms with Gasteiger partial charge in [0.15, 0.2) is 5.13 Å². The summed E-state index contributed by atoms with van der Waals surface area (Å²) in [5.74, 6) is 1.16. The predicted octanol–water partition coefficient (Wildman–Crippen LogP) is 2.75. The number of pyridine rings is 1. The maximum Gasteiger partial charge on any atom is 0.257 e. The van der Waals surface area contributed by atoms with Crippen molar-refractivity contribution in [2.24, 2.45) is 0 Å². The van der Waals surface area contributed by atoms with Gasteiger partial charge in [-0.1, -0.05) is 0 Å². The number of nitrogens with zero attached hydrogens (tertiary/aromatic N) is 3. The SMILES string of the molecule is CN(C)c1cc(C(=O)Nc2ncc(C3CCNCC3)s2)ccn1.Cl. The van der Waals surface area contributed by atoms with E-state index in [0.29, 0.717) is 16.6 Å². The molecule has 24 heavy (non-hydrogen) atoms. The van der Waals surface area contributed by atoms with Crippen LogP contribution < -0.4 is 15.5 Å². The van der Waals surface area contributed by atoms with Gasteiger partial charge in [0.05, 0.1) is 0 Å². The number of carbonyl (C=O) groups is 1. The van der Waals surface area contributed by atoms with Crippen molar-refractivity contribution in [3.05, 3.63) is 35.0 Å². The summed E-state index contributed by atoms with van der Waals surface area (Å²) in [6, 6.07) is 3.49. The van der Waals surface area contributed by atoms with Crippen LogP contribution in [0.25, 0.3) is 0 Å². The van der Waals surface area contributed by atoms with E-state index in [0.717, 1.165) is 31.7 Å². The van der Waals surface area contributed by atoms with Gasteiger partial charge in [0.25, 0.3) is 5.91 Å². The monoisotopic (exact) mass is 367 g/mol. The van der Waals surface area contributed by atoms with Crippen molar-refractivity contribution in [2.75, 3.05) is 37.4 Å². The molecule has 0 radical (unpaired) electrons. The molecule has 1 fully saturated rings. The van der Waals surface area contributed by atoms with Crippen LogP contribution >= 0.6 is 23.7 Å². The van der Waals surface area contributed by atoms with E-state index in [1.165, 1.54) is 4.88 Å². The van der Waals surface area contributed by atoms with Crippen LogP contribution in [0.2, 0.25) is 0 Å². The van der Waals surface area contributed by atoms with E-state index >= 15 is 0 Å². The van der Waals surface area contributed by atoms with E-state index in [2.05, 4.69) is 20.6 Å². The van der Waals surface area contributed by atoms with Gasteiger partial charge in [0, 0.05) is 36.9 Å². The van der Waals surface area contributed by atoms with E-state index in [4.69, 9.17) is 0 Å². The molecular weight excluding hydrogens is 346 g/mol. The summed E-state index contributed by atoms with van der Waals surface area (Å²) >= 11 is 1.58. The van der Waals surface area contributed by atoms with E-state index in [-0.39, 0.29) is 18.3 Å². The van der Waals surface area contributed by atoms with E-state index in [1.54, 1.807) is 29.7 Å². The number of amides is 1. The molecule has 0 atom stereocenters. The highest BCUT2D eigenvalue weighted by Gasteiger charge is 2.18. The third-order valence-electron chi connectivity index (χ3n) is 3.95. The van der Waals surface area contributed by atoms with Crippen molar-refractivity contribution in [1.82, 2.24) is 15.3 Å². The Morgan fingerprint density at radius 1 is 1.33 bits per heavy atom. The first-order valence-corrected chi connectivity index (χ1v) is 8.56. The lowest BCUT2D eigenvalue weighted by Crippen LogP contribution is -2.26. The summed E-state index contributed by atoms with van der Waals surface area (Å²) in [6.45, 7) is 2.10. The summed E-state index contributed by atoms with van der Waals surface area (Å²) in [5.41, 5.74) is 0.585. The summed E-state index contributed by atoms with van der Waals surface area (Å²) in [7, 11) is 3.80. The van der Waals surface area contributed by atoms with Gasteiger partial charge in [-0.15, -0.1) is 23.7 Å². The lowest BCUT2D eigenvalue weighted by atomic mass is 9.97. The highest BCUT2D eigenvalue weighted by Crippen LogP contribution is 2.31. The number of nitrogens with one attached hydrogen (secondary N) is 2. The molecule has 0 spiro atoms. The molecule has 2 aromatic heterocycles. The number of rotatable bonds is 4. The molecule has 3 rings (SSSR count). The average molecular weight is 368 g/mol. The molecule has 0 saturated carbocycles. The Kier molecular flexibility index (Phi) is 6.53. The molecule has 1 aliphatic heterocycles. The minimum absolute atomic E-state index is 0. The van der Waals surface area contributed by atoms with Crippen LogP contribution in [-0.2, 0) is 0 Å². The molecule has 0 aliphatic carbocycles. The van der Waals surface area contributed by atoms with Crippen LogP contribution in [0, 0.1) is 0 Å². The van der Waals surface area contributed by atoms with Crippen molar-refractivity contribution >= 4 is 40.6 Å². The number of hydrogen-bond donors (Lipinski definition) is 2. The molecule has 8 heteroatoms. The second-order valence-corrected chi connectivity index (χ2v) is 6.91. The summed E-state index contributed by atoms with van der Waals surface area (Å²) < 4.78 is 0. The number of hydrogen-bond acceptors (Lipinski definition) is 6. The average Bonchev–Trinajstić information content (AvgIpc) is 3.04. The molecule has 0 aromatic carbocycles. The topological polar surface area (TPSA) is 70.2 Å². The fourth-order valence-corrected chi connectivity index (χ4v) is 3.59. The van der Waals surface area contributed by atoms with Crippen molar-refractivity contribution in [2.45, 2.75) is 18.8 Å². The Hall–Kier alpha value is -1.70. The van der Waals surface area contributed by atoms with Gasteiger partial charge in [-0.05, 0) is 44.0 Å². The number of aromatic nitrogens is 2. The molecule has 1 aliphatic rings. The molecule has 6 nitrogen and oxygen atoms in total. The van der Waals surface area contributed by atoms with Crippen LogP contribution in [0.5, 0.6) is 0 Å². The van der Waals surface area contributed by atoms with Crippen molar-refractivity contribution in [3.8, 4) is 0 Å². The van der Waals surface area contributed by atoms with Gasteiger partial charge in [-0.3, -0.25) is 10.1 Å². The zero-order valence-electron chi connectivity index (χ0n) is 13.8. The van der Waals surface area contributed by atoms with Crippen LogP contribution in [0.3, 0.4) is 0 Å². The number of anilines is 2. The number of piperidine rings is 1. The van der Waals surface area contributed by atoms with E-state index in [9.17, 15) is 4.79 Å². The van der Waals surface area contributed by atoms with Crippen LogP contribution in [-0.4, -0.2) is 43.1 Å². The number of thiazole rings is 1. The largest absolute Gasteiger partial charge is 0.363 e. The molecule has 1 saturated heterocycles. The first kappa shape index (κ1) is 18.6. The minimum Gasteiger partial charge on any atom is -0.363 e. The van der Waals surface area contributed by atoms with E-state index < -0.39 is 0 Å². The quantitative estimate of drug-likeness (QED) is 0.869. The second-order valence-electron chi connectivity index (χ2n) is 5.84. The Bertz CT molecular complexity index is 685.